The van der Waals surface area contributed by atoms with Gasteiger partial charge in [-0.05, 0) is 29.8 Å². The van der Waals surface area contributed by atoms with Gasteiger partial charge in [-0.1, -0.05) is 35.5 Å². The fourth-order valence-corrected chi connectivity index (χ4v) is 3.61. The standard InChI is InChI=1S/C16H12F3NO4S/c17-16(18,19)23-12-8-6-11(7-9-12)14-10-15(20-24-14)25(21,22)13-4-2-1-3-5-13/h1-9,14H,10H2/t14-/m1/s1. The molecule has 0 radical (unpaired) electrons. The molecule has 9 heteroatoms. The molecule has 0 saturated heterocycles. The molecule has 1 heterocycles. The van der Waals surface area contributed by atoms with Crippen molar-refractivity contribution in [2.75, 3.05) is 0 Å². The normalized spacial score (nSPS) is 17.7. The van der Waals surface area contributed by atoms with Gasteiger partial charge in [0.1, 0.15) is 5.75 Å². The van der Waals surface area contributed by atoms with Crippen LogP contribution < -0.4 is 4.74 Å². The van der Waals surface area contributed by atoms with Crippen LogP contribution in [0, 0.1) is 0 Å². The number of halogens is 3. The largest absolute Gasteiger partial charge is 0.573 e. The van der Waals surface area contributed by atoms with Crippen LogP contribution in [0.25, 0.3) is 0 Å². The molecule has 0 fully saturated rings. The summed E-state index contributed by atoms with van der Waals surface area (Å²) in [5, 5.41) is 3.52. The molecular weight excluding hydrogens is 359 g/mol. The Hall–Kier alpha value is -2.55. The summed E-state index contributed by atoms with van der Waals surface area (Å²) in [5.41, 5.74) is 0.497. The number of sulfone groups is 1. The summed E-state index contributed by atoms with van der Waals surface area (Å²) in [6.45, 7) is 0. The van der Waals surface area contributed by atoms with Crippen LogP contribution in [-0.2, 0) is 14.7 Å². The van der Waals surface area contributed by atoms with Crippen molar-refractivity contribution in [3.8, 4) is 5.75 Å². The van der Waals surface area contributed by atoms with Gasteiger partial charge in [-0.2, -0.15) is 0 Å². The van der Waals surface area contributed by atoms with Crippen molar-refractivity contribution in [2.45, 2.75) is 23.8 Å². The van der Waals surface area contributed by atoms with Crippen molar-refractivity contribution in [3.63, 3.8) is 0 Å². The highest BCUT2D eigenvalue weighted by Crippen LogP contribution is 2.32. The molecule has 2 aromatic rings. The van der Waals surface area contributed by atoms with Gasteiger partial charge in [0.2, 0.25) is 9.84 Å². The molecule has 1 aliphatic rings. The monoisotopic (exact) mass is 371 g/mol. The molecule has 5 nitrogen and oxygen atoms in total. The predicted octanol–water partition coefficient (Wildman–Crippen LogP) is 3.83. The van der Waals surface area contributed by atoms with Crippen molar-refractivity contribution in [3.05, 3.63) is 60.2 Å². The van der Waals surface area contributed by atoms with E-state index in [-0.39, 0.29) is 22.1 Å². The zero-order valence-electron chi connectivity index (χ0n) is 12.6. The van der Waals surface area contributed by atoms with E-state index in [9.17, 15) is 21.6 Å². The average molecular weight is 371 g/mol. The molecule has 0 amide bonds. The van der Waals surface area contributed by atoms with Gasteiger partial charge >= 0.3 is 6.36 Å². The average Bonchev–Trinajstić information content (AvgIpc) is 3.06. The van der Waals surface area contributed by atoms with Gasteiger partial charge < -0.3 is 9.57 Å². The molecule has 2 aromatic carbocycles. The molecule has 1 aliphatic heterocycles. The minimum Gasteiger partial charge on any atom is -0.406 e. The van der Waals surface area contributed by atoms with Gasteiger partial charge in [-0.3, -0.25) is 0 Å². The lowest BCUT2D eigenvalue weighted by atomic mass is 10.1. The molecule has 132 valence electrons. The Bertz CT molecular complexity index is 878. The van der Waals surface area contributed by atoms with Gasteiger partial charge in [0.05, 0.1) is 4.90 Å². The second-order valence-corrected chi connectivity index (χ2v) is 7.17. The van der Waals surface area contributed by atoms with E-state index in [1.54, 1.807) is 18.2 Å². The van der Waals surface area contributed by atoms with Crippen molar-refractivity contribution < 1.29 is 31.2 Å². The molecule has 1 atom stereocenters. The minimum atomic E-state index is -4.77. The van der Waals surface area contributed by atoms with E-state index in [4.69, 9.17) is 4.84 Å². The Morgan fingerprint density at radius 3 is 2.28 bits per heavy atom. The molecule has 0 bridgehead atoms. The quantitative estimate of drug-likeness (QED) is 0.822. The zero-order valence-corrected chi connectivity index (χ0v) is 13.4. The summed E-state index contributed by atoms with van der Waals surface area (Å²) in [6.07, 6.45) is -5.46. The maximum Gasteiger partial charge on any atom is 0.573 e. The molecule has 0 aliphatic carbocycles. The van der Waals surface area contributed by atoms with Crippen LogP contribution in [0.3, 0.4) is 0 Å². The van der Waals surface area contributed by atoms with E-state index in [0.29, 0.717) is 5.56 Å². The number of rotatable bonds is 3. The summed E-state index contributed by atoms with van der Waals surface area (Å²) >= 11 is 0. The van der Waals surface area contributed by atoms with E-state index < -0.39 is 22.3 Å². The second-order valence-electron chi connectivity index (χ2n) is 5.22. The molecule has 0 aromatic heterocycles. The van der Waals surface area contributed by atoms with Gasteiger partial charge in [0.25, 0.3) is 0 Å². The second kappa shape index (κ2) is 6.40. The van der Waals surface area contributed by atoms with Crippen LogP contribution in [0.15, 0.2) is 64.6 Å². The van der Waals surface area contributed by atoms with E-state index >= 15 is 0 Å². The number of oxime groups is 1. The Labute approximate surface area is 141 Å². The summed E-state index contributed by atoms with van der Waals surface area (Å²) in [5.74, 6) is -0.368. The summed E-state index contributed by atoms with van der Waals surface area (Å²) in [7, 11) is -3.76. The van der Waals surface area contributed by atoms with Crippen LogP contribution in [0.4, 0.5) is 13.2 Å². The number of alkyl halides is 3. The number of nitrogens with zero attached hydrogens (tertiary/aromatic N) is 1. The molecule has 0 saturated carbocycles. The van der Waals surface area contributed by atoms with E-state index in [2.05, 4.69) is 9.89 Å². The first-order chi connectivity index (χ1) is 11.8. The first kappa shape index (κ1) is 17.3. The zero-order chi connectivity index (χ0) is 18.1. The van der Waals surface area contributed by atoms with Gasteiger partial charge in [-0.15, -0.1) is 13.2 Å². The van der Waals surface area contributed by atoms with Gasteiger partial charge in [0.15, 0.2) is 11.1 Å². The number of hydrogen-bond donors (Lipinski definition) is 0. The van der Waals surface area contributed by atoms with Crippen molar-refractivity contribution >= 4 is 14.9 Å². The van der Waals surface area contributed by atoms with E-state index in [1.807, 2.05) is 0 Å². The highest BCUT2D eigenvalue weighted by atomic mass is 32.2. The SMILES string of the molecule is O=S(=O)(C1=NO[C@@H](c2ccc(OC(F)(F)F)cc2)C1)c1ccccc1. The minimum absolute atomic E-state index is 0.00327. The summed E-state index contributed by atoms with van der Waals surface area (Å²) < 4.78 is 65.2. The van der Waals surface area contributed by atoms with Crippen LogP contribution in [0.2, 0.25) is 0 Å². The molecule has 3 rings (SSSR count). The third-order valence-electron chi connectivity index (χ3n) is 3.49. The molecule has 0 unspecified atom stereocenters. The molecule has 0 N–H and O–H groups in total. The Morgan fingerprint density at radius 2 is 1.68 bits per heavy atom. The van der Waals surface area contributed by atoms with Crippen molar-refractivity contribution in [2.24, 2.45) is 5.16 Å². The Kier molecular flexibility index (Phi) is 4.42. The lowest BCUT2D eigenvalue weighted by Gasteiger charge is -2.11. The van der Waals surface area contributed by atoms with Crippen LogP contribution in [0.5, 0.6) is 5.75 Å². The number of benzene rings is 2. The van der Waals surface area contributed by atoms with Crippen LogP contribution in [0.1, 0.15) is 18.1 Å². The van der Waals surface area contributed by atoms with Crippen molar-refractivity contribution in [1.82, 2.24) is 0 Å². The van der Waals surface area contributed by atoms with E-state index in [0.717, 1.165) is 12.1 Å². The Balaban J connectivity index is 1.72. The molecular formula is C16H12F3NO4S. The third-order valence-corrected chi connectivity index (χ3v) is 5.25. The highest BCUT2D eigenvalue weighted by molar-refractivity contribution is 8.06. The van der Waals surface area contributed by atoms with Crippen LogP contribution >= 0.6 is 0 Å². The molecule has 0 spiro atoms. The summed E-state index contributed by atoms with van der Waals surface area (Å²) in [6, 6.07) is 12.8. The third kappa shape index (κ3) is 3.93. The smallest absolute Gasteiger partial charge is 0.406 e. The predicted molar refractivity (Wildman–Crippen MR) is 82.6 cm³/mol. The van der Waals surface area contributed by atoms with E-state index in [1.165, 1.54) is 24.3 Å². The first-order valence-corrected chi connectivity index (χ1v) is 8.62. The first-order valence-electron chi connectivity index (χ1n) is 7.14. The fourth-order valence-electron chi connectivity index (χ4n) is 2.31. The lowest BCUT2D eigenvalue weighted by Crippen LogP contribution is -2.17. The van der Waals surface area contributed by atoms with Gasteiger partial charge in [-0.25, -0.2) is 8.42 Å². The fraction of sp³-hybridized carbons (Fsp3) is 0.188. The van der Waals surface area contributed by atoms with Crippen LogP contribution in [-0.4, -0.2) is 19.8 Å². The molecule has 25 heavy (non-hydrogen) atoms. The Morgan fingerprint density at radius 1 is 1.04 bits per heavy atom. The number of ether oxygens (including phenoxy) is 1. The summed E-state index contributed by atoms with van der Waals surface area (Å²) in [4.78, 5) is 5.25. The highest BCUT2D eigenvalue weighted by Gasteiger charge is 2.33. The van der Waals surface area contributed by atoms with Crippen molar-refractivity contribution in [1.29, 1.82) is 0 Å². The topological polar surface area (TPSA) is 65.0 Å². The lowest BCUT2D eigenvalue weighted by molar-refractivity contribution is -0.274. The van der Waals surface area contributed by atoms with Gasteiger partial charge in [0, 0.05) is 6.42 Å². The maximum atomic E-state index is 12.5. The number of hydrogen-bond acceptors (Lipinski definition) is 5. The maximum absolute atomic E-state index is 12.5.